The van der Waals surface area contributed by atoms with Crippen molar-refractivity contribution in [2.75, 3.05) is 36.0 Å². The van der Waals surface area contributed by atoms with Crippen molar-refractivity contribution >= 4 is 17.5 Å². The second-order valence-corrected chi connectivity index (χ2v) is 6.94. The van der Waals surface area contributed by atoms with Gasteiger partial charge in [0.1, 0.15) is 5.82 Å². The number of aromatic nitrogens is 3. The predicted octanol–water partition coefficient (Wildman–Crippen LogP) is 3.45. The molecule has 1 saturated heterocycles. The number of benzene rings is 2. The number of hydrogen-bond acceptors (Lipinski definition) is 5. The second kappa shape index (κ2) is 7.89. The van der Waals surface area contributed by atoms with Gasteiger partial charge in [-0.1, -0.05) is 18.2 Å². The lowest BCUT2D eigenvalue weighted by Gasteiger charge is -2.36. The number of rotatable bonds is 4. The van der Waals surface area contributed by atoms with E-state index < -0.39 is 17.7 Å². The molecule has 0 amide bonds. The summed E-state index contributed by atoms with van der Waals surface area (Å²) in [4.78, 5) is 16.1. The number of aromatic carboxylic acids is 1. The van der Waals surface area contributed by atoms with E-state index in [0.717, 1.165) is 16.9 Å². The first kappa shape index (κ1) is 20.6. The molecule has 11 heteroatoms. The maximum Gasteiger partial charge on any atom is 0.416 e. The van der Waals surface area contributed by atoms with E-state index in [2.05, 4.69) is 10.2 Å². The largest absolute Gasteiger partial charge is 0.476 e. The Morgan fingerprint density at radius 2 is 1.61 bits per heavy atom. The number of hydrogen-bond donors (Lipinski definition) is 1. The molecule has 0 aliphatic carbocycles. The highest BCUT2D eigenvalue weighted by molar-refractivity contribution is 5.91. The summed E-state index contributed by atoms with van der Waals surface area (Å²) in [5.41, 5.74) is -0.808. The van der Waals surface area contributed by atoms with Crippen LogP contribution < -0.4 is 9.80 Å². The molecule has 0 bridgehead atoms. The summed E-state index contributed by atoms with van der Waals surface area (Å²) in [6.45, 7) is 1.51. The van der Waals surface area contributed by atoms with Crippen LogP contribution in [0.15, 0.2) is 48.5 Å². The Morgan fingerprint density at radius 1 is 0.935 bits per heavy atom. The Hall–Kier alpha value is -3.63. The number of anilines is 2. The highest BCUT2D eigenvalue weighted by Crippen LogP contribution is 2.30. The van der Waals surface area contributed by atoms with Crippen LogP contribution in [0.3, 0.4) is 0 Å². The number of carboxylic acid groups (broad SMARTS) is 1. The molecule has 2 aromatic carbocycles. The predicted molar refractivity (Wildman–Crippen MR) is 104 cm³/mol. The zero-order valence-electron chi connectivity index (χ0n) is 16.1. The summed E-state index contributed by atoms with van der Waals surface area (Å²) in [5, 5.41) is 17.6. The molecule has 1 N–H and O–H groups in total. The van der Waals surface area contributed by atoms with Gasteiger partial charge in [0.05, 0.1) is 16.9 Å². The van der Waals surface area contributed by atoms with Crippen molar-refractivity contribution in [3.8, 4) is 5.69 Å². The van der Waals surface area contributed by atoms with Crippen molar-refractivity contribution in [3.63, 3.8) is 0 Å². The summed E-state index contributed by atoms with van der Waals surface area (Å²) in [6, 6.07) is 10.7. The Labute approximate surface area is 174 Å². The molecule has 0 saturated carbocycles. The molecule has 1 aliphatic rings. The fraction of sp³-hybridized carbons (Fsp3) is 0.250. The van der Waals surface area contributed by atoms with Crippen molar-refractivity contribution in [2.24, 2.45) is 0 Å². The third-order valence-electron chi connectivity index (χ3n) is 4.98. The SMILES string of the molecule is O=C(O)c1nn(-c2cccc(C(F)(F)F)c2)nc1N1CCN(c2ccccc2F)CC1. The highest BCUT2D eigenvalue weighted by Gasteiger charge is 2.31. The van der Waals surface area contributed by atoms with Crippen molar-refractivity contribution in [3.05, 3.63) is 65.6 Å². The van der Waals surface area contributed by atoms with Gasteiger partial charge in [-0.05, 0) is 30.3 Å². The minimum atomic E-state index is -4.55. The molecule has 0 unspecified atom stereocenters. The van der Waals surface area contributed by atoms with Gasteiger partial charge < -0.3 is 14.9 Å². The maximum atomic E-state index is 14.0. The van der Waals surface area contributed by atoms with Crippen LogP contribution in [0.2, 0.25) is 0 Å². The van der Waals surface area contributed by atoms with Crippen molar-refractivity contribution in [1.29, 1.82) is 0 Å². The molecule has 1 aromatic heterocycles. The lowest BCUT2D eigenvalue weighted by atomic mass is 10.2. The summed E-state index contributed by atoms with van der Waals surface area (Å²) >= 11 is 0. The zero-order chi connectivity index (χ0) is 22.2. The van der Waals surface area contributed by atoms with Crippen LogP contribution in [0, 0.1) is 5.82 Å². The normalized spacial score (nSPS) is 14.7. The minimum Gasteiger partial charge on any atom is -0.476 e. The third kappa shape index (κ3) is 4.16. The number of nitrogens with zero attached hydrogens (tertiary/aromatic N) is 5. The molecule has 0 radical (unpaired) electrons. The first-order chi connectivity index (χ1) is 14.7. The first-order valence-corrected chi connectivity index (χ1v) is 9.37. The van der Waals surface area contributed by atoms with Crippen LogP contribution in [0.4, 0.5) is 29.1 Å². The van der Waals surface area contributed by atoms with Crippen molar-refractivity contribution < 1.29 is 27.5 Å². The van der Waals surface area contributed by atoms with Gasteiger partial charge in [-0.3, -0.25) is 0 Å². The number of alkyl halides is 3. The molecule has 162 valence electrons. The van der Waals surface area contributed by atoms with Gasteiger partial charge >= 0.3 is 12.1 Å². The van der Waals surface area contributed by atoms with Crippen LogP contribution >= 0.6 is 0 Å². The minimum absolute atomic E-state index is 0.00596. The highest BCUT2D eigenvalue weighted by atomic mass is 19.4. The Kier molecular flexibility index (Phi) is 5.25. The molecule has 2 heterocycles. The van der Waals surface area contributed by atoms with Crippen molar-refractivity contribution in [2.45, 2.75) is 6.18 Å². The van der Waals surface area contributed by atoms with Gasteiger partial charge in [-0.15, -0.1) is 15.0 Å². The van der Waals surface area contributed by atoms with E-state index in [1.54, 1.807) is 23.1 Å². The Balaban J connectivity index is 1.59. The number of halogens is 4. The third-order valence-corrected chi connectivity index (χ3v) is 4.98. The van der Waals surface area contributed by atoms with Crippen LogP contribution in [-0.2, 0) is 6.18 Å². The first-order valence-electron chi connectivity index (χ1n) is 9.37. The topological polar surface area (TPSA) is 74.5 Å². The van der Waals surface area contributed by atoms with E-state index in [1.807, 2.05) is 4.90 Å². The van der Waals surface area contributed by atoms with E-state index in [9.17, 15) is 27.5 Å². The molecule has 1 fully saturated rings. The molecule has 31 heavy (non-hydrogen) atoms. The monoisotopic (exact) mass is 435 g/mol. The van der Waals surface area contributed by atoms with E-state index in [4.69, 9.17) is 0 Å². The van der Waals surface area contributed by atoms with Gasteiger partial charge in [0.2, 0.25) is 5.69 Å². The molecule has 0 spiro atoms. The fourth-order valence-electron chi connectivity index (χ4n) is 3.44. The summed E-state index contributed by atoms with van der Waals surface area (Å²) in [6.07, 6.45) is -4.55. The second-order valence-electron chi connectivity index (χ2n) is 6.94. The molecule has 4 rings (SSSR count). The molecule has 1 aliphatic heterocycles. The van der Waals surface area contributed by atoms with Crippen LogP contribution in [-0.4, -0.2) is 52.2 Å². The van der Waals surface area contributed by atoms with Gasteiger partial charge in [0, 0.05) is 26.2 Å². The molecular formula is C20H17F4N5O2. The summed E-state index contributed by atoms with van der Waals surface area (Å²) in [5.74, 6) is -1.64. The Bertz CT molecular complexity index is 1110. The van der Waals surface area contributed by atoms with Crippen LogP contribution in [0.5, 0.6) is 0 Å². The van der Waals surface area contributed by atoms with E-state index in [1.165, 1.54) is 18.2 Å². The quantitative estimate of drug-likeness (QED) is 0.633. The lowest BCUT2D eigenvalue weighted by Crippen LogP contribution is -2.47. The van der Waals surface area contributed by atoms with Crippen LogP contribution in [0.25, 0.3) is 5.69 Å². The summed E-state index contributed by atoms with van der Waals surface area (Å²) < 4.78 is 53.1. The smallest absolute Gasteiger partial charge is 0.416 e. The molecule has 3 aromatic rings. The summed E-state index contributed by atoms with van der Waals surface area (Å²) in [7, 11) is 0. The number of para-hydroxylation sites is 1. The van der Waals surface area contributed by atoms with E-state index >= 15 is 0 Å². The van der Waals surface area contributed by atoms with Gasteiger partial charge in [-0.25, -0.2) is 9.18 Å². The van der Waals surface area contributed by atoms with E-state index in [0.29, 0.717) is 31.9 Å². The number of carbonyl (C=O) groups is 1. The van der Waals surface area contributed by atoms with Gasteiger partial charge in [0.25, 0.3) is 0 Å². The van der Waals surface area contributed by atoms with E-state index in [-0.39, 0.29) is 23.0 Å². The molecule has 7 nitrogen and oxygen atoms in total. The Morgan fingerprint density at radius 3 is 2.26 bits per heavy atom. The number of piperazine rings is 1. The number of carboxylic acids is 1. The average molecular weight is 435 g/mol. The molecular weight excluding hydrogens is 418 g/mol. The van der Waals surface area contributed by atoms with Crippen molar-refractivity contribution in [1.82, 2.24) is 15.0 Å². The maximum absolute atomic E-state index is 14.0. The fourth-order valence-corrected chi connectivity index (χ4v) is 3.44. The average Bonchev–Trinajstić information content (AvgIpc) is 3.20. The van der Waals surface area contributed by atoms with Gasteiger partial charge in [0.15, 0.2) is 5.82 Å². The molecule has 0 atom stereocenters. The lowest BCUT2D eigenvalue weighted by molar-refractivity contribution is -0.137. The standard InChI is InChI=1S/C20H17F4N5O2/c21-15-6-1-2-7-16(15)27-8-10-28(11-9-27)18-17(19(30)31)25-29(26-18)14-5-3-4-13(12-14)20(22,23)24/h1-7,12H,8-11H2,(H,30,31). The van der Waals surface area contributed by atoms with Gasteiger partial charge in [-0.2, -0.15) is 13.2 Å². The zero-order valence-corrected chi connectivity index (χ0v) is 16.1. The van der Waals surface area contributed by atoms with Crippen LogP contribution in [0.1, 0.15) is 16.1 Å².